The van der Waals surface area contributed by atoms with Crippen LogP contribution in [0.4, 0.5) is 4.39 Å². The van der Waals surface area contributed by atoms with E-state index in [1.54, 1.807) is 0 Å². The summed E-state index contributed by atoms with van der Waals surface area (Å²) in [6.07, 6.45) is 2.43. The molecule has 0 atom stereocenters. The summed E-state index contributed by atoms with van der Waals surface area (Å²) in [5.74, 6) is 0.795. The van der Waals surface area contributed by atoms with Crippen LogP contribution in [0.3, 0.4) is 0 Å². The Labute approximate surface area is 81.5 Å². The van der Waals surface area contributed by atoms with Gasteiger partial charge in [-0.3, -0.25) is 0 Å². The fourth-order valence-electron chi connectivity index (χ4n) is 1.08. The van der Waals surface area contributed by atoms with Gasteiger partial charge in [-0.2, -0.15) is 0 Å². The largest absolute Gasteiger partial charge is 0.492 e. The van der Waals surface area contributed by atoms with Crippen molar-refractivity contribution in [2.45, 2.75) is 12.8 Å². The third-order valence-electron chi connectivity index (χ3n) is 2.06. The Morgan fingerprint density at radius 3 is 2.92 bits per heavy atom. The first kappa shape index (κ1) is 8.82. The van der Waals surface area contributed by atoms with Crippen LogP contribution < -0.4 is 4.74 Å². The van der Waals surface area contributed by atoms with E-state index in [1.807, 2.05) is 0 Å². The molecule has 0 saturated heterocycles. The van der Waals surface area contributed by atoms with E-state index in [0.717, 1.165) is 0 Å². The molecule has 0 unspecified atom stereocenters. The van der Waals surface area contributed by atoms with E-state index < -0.39 is 0 Å². The summed E-state index contributed by atoms with van der Waals surface area (Å²) in [7, 11) is 0. The van der Waals surface area contributed by atoms with Crippen molar-refractivity contribution in [2.24, 2.45) is 5.92 Å². The van der Waals surface area contributed by atoms with Crippen molar-refractivity contribution in [2.75, 3.05) is 6.61 Å². The van der Waals surface area contributed by atoms with Crippen LogP contribution in [0.5, 0.6) is 5.75 Å². The van der Waals surface area contributed by atoms with Crippen molar-refractivity contribution in [3.63, 3.8) is 0 Å². The maximum Gasteiger partial charge on any atom is 0.140 e. The maximum atomic E-state index is 12.7. The molecular formula is C10H10ClFO. The third-order valence-corrected chi connectivity index (χ3v) is 2.38. The summed E-state index contributed by atoms with van der Waals surface area (Å²) in [5, 5.41) is 0.474. The van der Waals surface area contributed by atoms with E-state index in [1.165, 1.54) is 31.0 Å². The standard InChI is InChI=1S/C10H10ClFO/c11-9-4-3-8(12)5-10(9)13-6-7-1-2-7/h3-5,7H,1-2,6H2. The zero-order chi connectivity index (χ0) is 9.26. The number of halogens is 2. The SMILES string of the molecule is Fc1ccc(Cl)c(OCC2CC2)c1. The number of ether oxygens (including phenoxy) is 1. The molecule has 3 heteroatoms. The maximum absolute atomic E-state index is 12.7. The molecule has 0 heterocycles. The first-order valence-corrected chi connectivity index (χ1v) is 4.71. The molecule has 1 fully saturated rings. The second-order valence-corrected chi connectivity index (χ2v) is 3.74. The van der Waals surface area contributed by atoms with Gasteiger partial charge in [-0.25, -0.2) is 4.39 Å². The van der Waals surface area contributed by atoms with E-state index in [4.69, 9.17) is 16.3 Å². The second-order valence-electron chi connectivity index (χ2n) is 3.33. The lowest BCUT2D eigenvalue weighted by atomic mass is 10.3. The monoisotopic (exact) mass is 200 g/mol. The fraction of sp³-hybridized carbons (Fsp3) is 0.400. The Balaban J connectivity index is 2.03. The minimum atomic E-state index is -0.310. The molecule has 1 aromatic rings. The molecule has 0 aliphatic heterocycles. The molecule has 0 spiro atoms. The Morgan fingerprint density at radius 1 is 1.46 bits per heavy atom. The molecule has 1 aromatic carbocycles. The lowest BCUT2D eigenvalue weighted by molar-refractivity contribution is 0.298. The van der Waals surface area contributed by atoms with E-state index in [0.29, 0.717) is 23.3 Å². The summed E-state index contributed by atoms with van der Waals surface area (Å²) in [5.41, 5.74) is 0. The molecule has 1 aliphatic rings. The zero-order valence-electron chi connectivity index (χ0n) is 7.09. The van der Waals surface area contributed by atoms with Crippen LogP contribution in [0.15, 0.2) is 18.2 Å². The summed E-state index contributed by atoms with van der Waals surface area (Å²) >= 11 is 5.81. The van der Waals surface area contributed by atoms with E-state index in [9.17, 15) is 4.39 Å². The molecule has 0 radical (unpaired) electrons. The van der Waals surface area contributed by atoms with Gasteiger partial charge < -0.3 is 4.74 Å². The van der Waals surface area contributed by atoms with Crippen LogP contribution in [0.25, 0.3) is 0 Å². The van der Waals surface area contributed by atoms with Crippen LogP contribution in [-0.2, 0) is 0 Å². The molecule has 0 amide bonds. The molecule has 13 heavy (non-hydrogen) atoms. The third kappa shape index (κ3) is 2.34. The predicted molar refractivity (Wildman–Crippen MR) is 49.6 cm³/mol. The minimum Gasteiger partial charge on any atom is -0.492 e. The number of benzene rings is 1. The zero-order valence-corrected chi connectivity index (χ0v) is 7.85. The second kappa shape index (κ2) is 3.54. The fourth-order valence-corrected chi connectivity index (χ4v) is 1.25. The van der Waals surface area contributed by atoms with Crippen molar-refractivity contribution in [1.82, 2.24) is 0 Å². The average Bonchev–Trinajstić information content (AvgIpc) is 2.90. The number of rotatable bonds is 3. The molecule has 0 bridgehead atoms. The smallest absolute Gasteiger partial charge is 0.140 e. The van der Waals surface area contributed by atoms with Gasteiger partial charge in [-0.15, -0.1) is 0 Å². The Kier molecular flexibility index (Phi) is 2.40. The van der Waals surface area contributed by atoms with Gasteiger partial charge in [0, 0.05) is 6.07 Å². The number of hydrogen-bond acceptors (Lipinski definition) is 1. The van der Waals surface area contributed by atoms with Gasteiger partial charge in [-0.1, -0.05) is 11.6 Å². The van der Waals surface area contributed by atoms with Crippen molar-refractivity contribution < 1.29 is 9.13 Å². The van der Waals surface area contributed by atoms with Crippen molar-refractivity contribution in [3.05, 3.63) is 29.0 Å². The van der Waals surface area contributed by atoms with Crippen LogP contribution in [0.1, 0.15) is 12.8 Å². The lowest BCUT2D eigenvalue weighted by Gasteiger charge is -2.06. The lowest BCUT2D eigenvalue weighted by Crippen LogP contribution is -1.99. The average molecular weight is 201 g/mol. The Bertz CT molecular complexity index is 310. The highest BCUT2D eigenvalue weighted by atomic mass is 35.5. The van der Waals surface area contributed by atoms with Gasteiger partial charge in [0.25, 0.3) is 0 Å². The highest BCUT2D eigenvalue weighted by Crippen LogP contribution is 2.31. The molecule has 1 aliphatic carbocycles. The van der Waals surface area contributed by atoms with E-state index >= 15 is 0 Å². The molecule has 70 valence electrons. The van der Waals surface area contributed by atoms with Gasteiger partial charge in [0.15, 0.2) is 0 Å². The van der Waals surface area contributed by atoms with Crippen LogP contribution in [0, 0.1) is 11.7 Å². The van der Waals surface area contributed by atoms with Crippen molar-refractivity contribution in [3.8, 4) is 5.75 Å². The predicted octanol–water partition coefficient (Wildman–Crippen LogP) is 3.27. The molecule has 1 nitrogen and oxygen atoms in total. The van der Waals surface area contributed by atoms with Gasteiger partial charge in [-0.05, 0) is 30.9 Å². The first-order valence-electron chi connectivity index (χ1n) is 4.33. The molecule has 0 aromatic heterocycles. The normalized spacial score (nSPS) is 15.8. The molecule has 1 saturated carbocycles. The van der Waals surface area contributed by atoms with Gasteiger partial charge in [0.1, 0.15) is 11.6 Å². The van der Waals surface area contributed by atoms with Crippen LogP contribution >= 0.6 is 11.6 Å². The van der Waals surface area contributed by atoms with Gasteiger partial charge in [0.05, 0.1) is 11.6 Å². The summed E-state index contributed by atoms with van der Waals surface area (Å²) in [6, 6.07) is 4.16. The molecular weight excluding hydrogens is 191 g/mol. The summed E-state index contributed by atoms with van der Waals surface area (Å²) in [6.45, 7) is 0.656. The number of hydrogen-bond donors (Lipinski definition) is 0. The van der Waals surface area contributed by atoms with Crippen molar-refractivity contribution >= 4 is 11.6 Å². The highest BCUT2D eigenvalue weighted by Gasteiger charge is 2.22. The van der Waals surface area contributed by atoms with Gasteiger partial charge >= 0.3 is 0 Å². The minimum absolute atomic E-state index is 0.310. The van der Waals surface area contributed by atoms with Crippen LogP contribution in [0.2, 0.25) is 5.02 Å². The molecule has 2 rings (SSSR count). The van der Waals surface area contributed by atoms with Gasteiger partial charge in [0.2, 0.25) is 0 Å². The van der Waals surface area contributed by atoms with E-state index in [2.05, 4.69) is 0 Å². The van der Waals surface area contributed by atoms with E-state index in [-0.39, 0.29) is 5.82 Å². The highest BCUT2D eigenvalue weighted by molar-refractivity contribution is 6.32. The quantitative estimate of drug-likeness (QED) is 0.728. The Morgan fingerprint density at radius 2 is 2.23 bits per heavy atom. The van der Waals surface area contributed by atoms with Crippen molar-refractivity contribution in [1.29, 1.82) is 0 Å². The van der Waals surface area contributed by atoms with Crippen LogP contribution in [-0.4, -0.2) is 6.61 Å². The summed E-state index contributed by atoms with van der Waals surface area (Å²) < 4.78 is 18.1. The first-order chi connectivity index (χ1) is 6.25. The Hall–Kier alpha value is -0.760. The molecule has 0 N–H and O–H groups in total. The topological polar surface area (TPSA) is 9.23 Å². The summed E-state index contributed by atoms with van der Waals surface area (Å²) in [4.78, 5) is 0.